The molecular weight excluding hydrogens is 475 g/mol. The molecule has 29 heavy (non-hydrogen) atoms. The highest BCUT2D eigenvalue weighted by atomic mass is 127. The van der Waals surface area contributed by atoms with Gasteiger partial charge in [-0.3, -0.25) is 4.99 Å². The fourth-order valence-electron chi connectivity index (χ4n) is 3.54. The number of para-hydroxylation sites is 1. The van der Waals surface area contributed by atoms with Gasteiger partial charge in [0.15, 0.2) is 5.96 Å². The van der Waals surface area contributed by atoms with Gasteiger partial charge in [0, 0.05) is 65.1 Å². The average Bonchev–Trinajstić information content (AvgIpc) is 2.74. The Labute approximate surface area is 195 Å². The molecule has 0 saturated carbocycles. The molecule has 1 aromatic carbocycles. The Morgan fingerprint density at radius 3 is 2.28 bits per heavy atom. The predicted molar refractivity (Wildman–Crippen MR) is 137 cm³/mol. The zero-order valence-electron chi connectivity index (χ0n) is 18.6. The minimum absolute atomic E-state index is 0. The van der Waals surface area contributed by atoms with Crippen molar-refractivity contribution in [3.63, 3.8) is 0 Å². The second kappa shape index (κ2) is 15.7. The van der Waals surface area contributed by atoms with E-state index in [-0.39, 0.29) is 24.0 Å². The van der Waals surface area contributed by atoms with Crippen LogP contribution in [0, 0.1) is 0 Å². The highest BCUT2D eigenvalue weighted by Crippen LogP contribution is 2.12. The van der Waals surface area contributed by atoms with Crippen molar-refractivity contribution in [1.82, 2.24) is 20.4 Å². The molecular formula is C22H41IN6. The first-order valence-electron chi connectivity index (χ1n) is 10.9. The molecule has 1 aliphatic heterocycles. The SMILES string of the molecule is CCN(CCCNC(=NC)NCCCCN1CCN(C)CC1)c1ccccc1.I. The van der Waals surface area contributed by atoms with Crippen molar-refractivity contribution in [3.8, 4) is 0 Å². The Hall–Kier alpha value is -1.06. The van der Waals surface area contributed by atoms with Crippen molar-refractivity contribution in [1.29, 1.82) is 0 Å². The Balaban J connectivity index is 0.00000420. The molecule has 0 spiro atoms. The number of hydrogen-bond donors (Lipinski definition) is 2. The number of hydrogen-bond acceptors (Lipinski definition) is 4. The molecule has 1 saturated heterocycles. The number of aliphatic imine (C=N–C) groups is 1. The van der Waals surface area contributed by atoms with Gasteiger partial charge in [-0.05, 0) is 51.9 Å². The summed E-state index contributed by atoms with van der Waals surface area (Å²) in [5, 5.41) is 6.89. The van der Waals surface area contributed by atoms with Gasteiger partial charge in [0.1, 0.15) is 0 Å². The normalized spacial score (nSPS) is 15.6. The third-order valence-electron chi connectivity index (χ3n) is 5.41. The standard InChI is InChI=1S/C22H40N6.HI/c1-4-28(21-11-6-5-7-12-21)16-10-14-25-22(23-2)24-13-8-9-15-27-19-17-26(3)18-20-27;/h5-7,11-12H,4,8-10,13-20H2,1-3H3,(H2,23,24,25);1H. The summed E-state index contributed by atoms with van der Waals surface area (Å²) < 4.78 is 0. The molecule has 1 aromatic rings. The third-order valence-corrected chi connectivity index (χ3v) is 5.41. The maximum absolute atomic E-state index is 4.34. The van der Waals surface area contributed by atoms with Crippen LogP contribution in [0.3, 0.4) is 0 Å². The number of halogens is 1. The van der Waals surface area contributed by atoms with Crippen molar-refractivity contribution in [2.45, 2.75) is 26.2 Å². The van der Waals surface area contributed by atoms with Gasteiger partial charge in [-0.25, -0.2) is 0 Å². The van der Waals surface area contributed by atoms with E-state index < -0.39 is 0 Å². The van der Waals surface area contributed by atoms with E-state index in [2.05, 4.69) is 74.6 Å². The average molecular weight is 517 g/mol. The fraction of sp³-hybridized carbons (Fsp3) is 0.682. The van der Waals surface area contributed by atoms with Crippen molar-refractivity contribution >= 4 is 35.6 Å². The topological polar surface area (TPSA) is 46.1 Å². The number of nitrogens with zero attached hydrogens (tertiary/aromatic N) is 4. The number of nitrogens with one attached hydrogen (secondary N) is 2. The van der Waals surface area contributed by atoms with Crippen LogP contribution in [-0.4, -0.2) is 88.8 Å². The molecule has 1 aliphatic rings. The first-order chi connectivity index (χ1) is 13.7. The van der Waals surface area contributed by atoms with Crippen LogP contribution in [0.1, 0.15) is 26.2 Å². The van der Waals surface area contributed by atoms with Crippen LogP contribution in [0.2, 0.25) is 0 Å². The monoisotopic (exact) mass is 516 g/mol. The van der Waals surface area contributed by atoms with Crippen LogP contribution >= 0.6 is 24.0 Å². The number of piperazine rings is 1. The lowest BCUT2D eigenvalue weighted by Gasteiger charge is -2.32. The zero-order valence-corrected chi connectivity index (χ0v) is 20.9. The van der Waals surface area contributed by atoms with E-state index in [1.54, 1.807) is 0 Å². The molecule has 0 radical (unpaired) electrons. The molecule has 2 N–H and O–H groups in total. The second-order valence-electron chi connectivity index (χ2n) is 7.55. The van der Waals surface area contributed by atoms with Gasteiger partial charge in [-0.1, -0.05) is 18.2 Å². The maximum atomic E-state index is 4.34. The second-order valence-corrected chi connectivity index (χ2v) is 7.55. The highest BCUT2D eigenvalue weighted by Gasteiger charge is 2.12. The predicted octanol–water partition coefficient (Wildman–Crippen LogP) is 2.71. The van der Waals surface area contributed by atoms with E-state index in [0.29, 0.717) is 0 Å². The summed E-state index contributed by atoms with van der Waals surface area (Å²) >= 11 is 0. The summed E-state index contributed by atoms with van der Waals surface area (Å²) in [5.74, 6) is 0.919. The molecule has 166 valence electrons. The van der Waals surface area contributed by atoms with Crippen molar-refractivity contribution in [2.75, 3.05) is 77.9 Å². The smallest absolute Gasteiger partial charge is 0.190 e. The highest BCUT2D eigenvalue weighted by molar-refractivity contribution is 14.0. The quantitative estimate of drug-likeness (QED) is 0.205. The molecule has 6 nitrogen and oxygen atoms in total. The summed E-state index contributed by atoms with van der Waals surface area (Å²) in [6, 6.07) is 10.6. The maximum Gasteiger partial charge on any atom is 0.190 e. The van der Waals surface area contributed by atoms with E-state index in [4.69, 9.17) is 0 Å². The van der Waals surface area contributed by atoms with Gasteiger partial charge in [-0.15, -0.1) is 24.0 Å². The van der Waals surface area contributed by atoms with Crippen molar-refractivity contribution < 1.29 is 0 Å². The fourth-order valence-corrected chi connectivity index (χ4v) is 3.54. The lowest BCUT2D eigenvalue weighted by Crippen LogP contribution is -2.44. The van der Waals surface area contributed by atoms with Gasteiger partial charge in [0.05, 0.1) is 0 Å². The molecule has 0 aromatic heterocycles. The molecule has 7 heteroatoms. The van der Waals surface area contributed by atoms with Crippen LogP contribution in [0.5, 0.6) is 0 Å². The number of guanidine groups is 1. The van der Waals surface area contributed by atoms with Crippen LogP contribution in [0.25, 0.3) is 0 Å². The number of likely N-dealkylation sites (N-methyl/N-ethyl adjacent to an activating group) is 1. The van der Waals surface area contributed by atoms with E-state index >= 15 is 0 Å². The molecule has 0 amide bonds. The zero-order chi connectivity index (χ0) is 20.0. The number of anilines is 1. The Morgan fingerprint density at radius 1 is 1.00 bits per heavy atom. The van der Waals surface area contributed by atoms with Gasteiger partial charge in [0.2, 0.25) is 0 Å². The minimum atomic E-state index is 0. The van der Waals surface area contributed by atoms with Crippen molar-refractivity contribution in [3.05, 3.63) is 30.3 Å². The summed E-state index contributed by atoms with van der Waals surface area (Å²) in [6.45, 7) is 12.3. The van der Waals surface area contributed by atoms with Crippen LogP contribution in [-0.2, 0) is 0 Å². The lowest BCUT2D eigenvalue weighted by atomic mass is 10.2. The van der Waals surface area contributed by atoms with Crippen molar-refractivity contribution in [2.24, 2.45) is 4.99 Å². The van der Waals surface area contributed by atoms with Gasteiger partial charge >= 0.3 is 0 Å². The number of unbranched alkanes of at least 4 members (excludes halogenated alkanes) is 1. The Morgan fingerprint density at radius 2 is 1.66 bits per heavy atom. The Kier molecular flexibility index (Phi) is 14.1. The van der Waals surface area contributed by atoms with E-state index in [0.717, 1.165) is 38.6 Å². The summed E-state index contributed by atoms with van der Waals surface area (Å²) in [7, 11) is 4.06. The molecule has 2 rings (SSSR count). The summed E-state index contributed by atoms with van der Waals surface area (Å²) in [6.07, 6.45) is 3.52. The van der Waals surface area contributed by atoms with E-state index in [1.807, 2.05) is 7.05 Å². The summed E-state index contributed by atoms with van der Waals surface area (Å²) in [4.78, 5) is 11.7. The minimum Gasteiger partial charge on any atom is -0.372 e. The lowest BCUT2D eigenvalue weighted by molar-refractivity contribution is 0.152. The molecule has 1 fully saturated rings. The van der Waals surface area contributed by atoms with Crippen LogP contribution in [0.15, 0.2) is 35.3 Å². The molecule has 0 aliphatic carbocycles. The molecule has 0 atom stereocenters. The largest absolute Gasteiger partial charge is 0.372 e. The first kappa shape index (κ1) is 26.0. The number of rotatable bonds is 11. The molecule has 0 bridgehead atoms. The van der Waals surface area contributed by atoms with Gasteiger partial charge in [0.25, 0.3) is 0 Å². The van der Waals surface area contributed by atoms with Crippen LogP contribution in [0.4, 0.5) is 5.69 Å². The third kappa shape index (κ3) is 10.5. The van der Waals surface area contributed by atoms with E-state index in [9.17, 15) is 0 Å². The van der Waals surface area contributed by atoms with Gasteiger partial charge in [-0.2, -0.15) is 0 Å². The number of benzene rings is 1. The summed E-state index contributed by atoms with van der Waals surface area (Å²) in [5.41, 5.74) is 1.30. The van der Waals surface area contributed by atoms with E-state index in [1.165, 1.54) is 51.3 Å². The molecule has 1 heterocycles. The van der Waals surface area contributed by atoms with Crippen LogP contribution < -0.4 is 15.5 Å². The first-order valence-corrected chi connectivity index (χ1v) is 10.9. The Bertz CT molecular complexity index is 545. The van der Waals surface area contributed by atoms with Gasteiger partial charge < -0.3 is 25.3 Å². The molecule has 0 unspecified atom stereocenters.